The summed E-state index contributed by atoms with van der Waals surface area (Å²) in [6.07, 6.45) is 0. The first-order chi connectivity index (χ1) is 6.07. The molecule has 0 amide bonds. The maximum atomic E-state index is 5.59. The fourth-order valence-corrected chi connectivity index (χ4v) is 1.45. The minimum atomic E-state index is 0.559. The quantitative estimate of drug-likeness (QED) is 0.701. The van der Waals surface area contributed by atoms with Crippen LogP contribution in [0.2, 0.25) is 0 Å². The highest BCUT2D eigenvalue weighted by molar-refractivity contribution is 5.57. The average molecular weight is 178 g/mol. The van der Waals surface area contributed by atoms with E-state index in [-0.39, 0.29) is 0 Å². The van der Waals surface area contributed by atoms with Gasteiger partial charge in [-0.3, -0.25) is 0 Å². The molecule has 0 heterocycles. The van der Waals surface area contributed by atoms with Gasteiger partial charge in [0.25, 0.3) is 0 Å². The van der Waals surface area contributed by atoms with E-state index < -0.39 is 0 Å². The fraction of sp³-hybridized carbons (Fsp3) is 0.455. The lowest BCUT2D eigenvalue weighted by Crippen LogP contribution is -2.25. The van der Waals surface area contributed by atoms with E-state index in [2.05, 4.69) is 37.8 Å². The van der Waals surface area contributed by atoms with E-state index in [1.165, 1.54) is 22.4 Å². The summed E-state index contributed by atoms with van der Waals surface area (Å²) in [5.74, 6) is 0. The van der Waals surface area contributed by atoms with Crippen LogP contribution >= 0.6 is 0 Å². The third-order valence-corrected chi connectivity index (χ3v) is 2.71. The Morgan fingerprint density at radius 1 is 1.15 bits per heavy atom. The zero-order valence-corrected chi connectivity index (χ0v) is 8.89. The van der Waals surface area contributed by atoms with Crippen molar-refractivity contribution in [2.45, 2.75) is 20.8 Å². The largest absolute Gasteiger partial charge is 0.362 e. The molecule has 1 aromatic carbocycles. The Morgan fingerprint density at radius 3 is 2.31 bits per heavy atom. The van der Waals surface area contributed by atoms with Crippen molar-refractivity contribution < 1.29 is 0 Å². The molecule has 0 radical (unpaired) electrons. The molecule has 0 unspecified atom stereocenters. The smallest absolute Gasteiger partial charge is 0.0653 e. The van der Waals surface area contributed by atoms with Gasteiger partial charge in [-0.15, -0.1) is 0 Å². The molecular formula is C11H18N2. The van der Waals surface area contributed by atoms with Crippen molar-refractivity contribution in [3.63, 3.8) is 0 Å². The molecule has 2 nitrogen and oxygen atoms in total. The van der Waals surface area contributed by atoms with E-state index in [0.29, 0.717) is 6.67 Å². The maximum Gasteiger partial charge on any atom is 0.0653 e. The van der Waals surface area contributed by atoms with Gasteiger partial charge < -0.3 is 10.6 Å². The number of nitrogens with two attached hydrogens (primary N) is 1. The Morgan fingerprint density at radius 2 is 1.77 bits per heavy atom. The van der Waals surface area contributed by atoms with Crippen molar-refractivity contribution in [3.05, 3.63) is 28.8 Å². The molecule has 72 valence electrons. The summed E-state index contributed by atoms with van der Waals surface area (Å²) in [5, 5.41) is 0. The highest BCUT2D eigenvalue weighted by Gasteiger charge is 2.05. The lowest BCUT2D eigenvalue weighted by Gasteiger charge is -2.21. The van der Waals surface area contributed by atoms with E-state index in [0.717, 1.165) is 0 Å². The zero-order chi connectivity index (χ0) is 10.0. The van der Waals surface area contributed by atoms with Crippen LogP contribution in [0.25, 0.3) is 0 Å². The normalized spacial score (nSPS) is 10.2. The van der Waals surface area contributed by atoms with Crippen molar-refractivity contribution in [3.8, 4) is 0 Å². The Labute approximate surface area is 80.4 Å². The number of nitrogens with zero attached hydrogens (tertiary/aromatic N) is 1. The van der Waals surface area contributed by atoms with Gasteiger partial charge in [0, 0.05) is 12.7 Å². The number of rotatable bonds is 2. The number of aryl methyl sites for hydroxylation is 1. The summed E-state index contributed by atoms with van der Waals surface area (Å²) < 4.78 is 0. The molecule has 1 aromatic rings. The van der Waals surface area contributed by atoms with E-state index in [9.17, 15) is 0 Å². The van der Waals surface area contributed by atoms with Crippen molar-refractivity contribution in [1.82, 2.24) is 0 Å². The highest BCUT2D eigenvalue weighted by atomic mass is 15.1. The summed E-state index contributed by atoms with van der Waals surface area (Å²) in [4.78, 5) is 2.06. The molecular weight excluding hydrogens is 160 g/mol. The van der Waals surface area contributed by atoms with Gasteiger partial charge in [-0.1, -0.05) is 6.07 Å². The Kier molecular flexibility index (Phi) is 2.94. The van der Waals surface area contributed by atoms with Crippen LogP contribution in [-0.4, -0.2) is 13.7 Å². The van der Waals surface area contributed by atoms with Crippen LogP contribution in [0.5, 0.6) is 0 Å². The van der Waals surface area contributed by atoms with Gasteiger partial charge in [0.1, 0.15) is 0 Å². The van der Waals surface area contributed by atoms with Crippen LogP contribution in [0.1, 0.15) is 16.7 Å². The van der Waals surface area contributed by atoms with E-state index in [4.69, 9.17) is 5.73 Å². The van der Waals surface area contributed by atoms with Gasteiger partial charge in [0.15, 0.2) is 0 Å². The molecule has 0 bridgehead atoms. The first kappa shape index (κ1) is 10.1. The summed E-state index contributed by atoms with van der Waals surface area (Å²) in [5.41, 5.74) is 10.8. The van der Waals surface area contributed by atoms with Crippen molar-refractivity contribution in [2.75, 3.05) is 18.6 Å². The molecule has 0 fully saturated rings. The van der Waals surface area contributed by atoms with Crippen molar-refractivity contribution >= 4 is 5.69 Å². The van der Waals surface area contributed by atoms with Gasteiger partial charge in [-0.2, -0.15) is 0 Å². The van der Waals surface area contributed by atoms with Crippen LogP contribution in [0.15, 0.2) is 12.1 Å². The first-order valence-electron chi connectivity index (χ1n) is 4.56. The zero-order valence-electron chi connectivity index (χ0n) is 8.89. The van der Waals surface area contributed by atoms with Gasteiger partial charge >= 0.3 is 0 Å². The SMILES string of the molecule is Cc1ccc(N(C)CN)c(C)c1C. The fourth-order valence-electron chi connectivity index (χ4n) is 1.45. The average Bonchev–Trinajstić information content (AvgIpc) is 2.13. The third-order valence-electron chi connectivity index (χ3n) is 2.71. The molecule has 1 rings (SSSR count). The molecule has 0 aliphatic heterocycles. The second-order valence-corrected chi connectivity index (χ2v) is 3.53. The predicted octanol–water partition coefficient (Wildman–Crippen LogP) is 1.96. The van der Waals surface area contributed by atoms with Gasteiger partial charge in [-0.25, -0.2) is 0 Å². The topological polar surface area (TPSA) is 29.3 Å². The van der Waals surface area contributed by atoms with E-state index >= 15 is 0 Å². The molecule has 0 aliphatic carbocycles. The molecule has 0 aliphatic rings. The predicted molar refractivity (Wildman–Crippen MR) is 58.1 cm³/mol. The number of hydrogen-bond acceptors (Lipinski definition) is 2. The molecule has 0 atom stereocenters. The molecule has 13 heavy (non-hydrogen) atoms. The van der Waals surface area contributed by atoms with Crippen LogP contribution in [0, 0.1) is 20.8 Å². The summed E-state index contributed by atoms with van der Waals surface area (Å²) in [6, 6.07) is 4.27. The monoisotopic (exact) mass is 178 g/mol. The lowest BCUT2D eigenvalue weighted by atomic mass is 10.0. The standard InChI is InChI=1S/C11H18N2/c1-8-5-6-11(13(4)7-12)10(3)9(8)2/h5-6H,7,12H2,1-4H3. The van der Waals surface area contributed by atoms with Gasteiger partial charge in [0.05, 0.1) is 6.67 Å². The molecule has 0 saturated carbocycles. The molecule has 2 heteroatoms. The van der Waals surface area contributed by atoms with Crippen molar-refractivity contribution in [1.29, 1.82) is 0 Å². The number of hydrogen-bond donors (Lipinski definition) is 1. The molecule has 0 spiro atoms. The first-order valence-corrected chi connectivity index (χ1v) is 4.56. The summed E-state index contributed by atoms with van der Waals surface area (Å²) in [7, 11) is 2.01. The second kappa shape index (κ2) is 3.79. The maximum absolute atomic E-state index is 5.59. The Balaban J connectivity index is 3.18. The van der Waals surface area contributed by atoms with Crippen LogP contribution in [-0.2, 0) is 0 Å². The minimum absolute atomic E-state index is 0.559. The van der Waals surface area contributed by atoms with Crippen LogP contribution in [0.3, 0.4) is 0 Å². The van der Waals surface area contributed by atoms with Gasteiger partial charge in [-0.05, 0) is 43.5 Å². The van der Waals surface area contributed by atoms with E-state index in [1.54, 1.807) is 0 Å². The van der Waals surface area contributed by atoms with Gasteiger partial charge in [0.2, 0.25) is 0 Å². The molecule has 2 N–H and O–H groups in total. The molecule has 0 aromatic heterocycles. The number of anilines is 1. The summed E-state index contributed by atoms with van der Waals surface area (Å²) >= 11 is 0. The summed E-state index contributed by atoms with van der Waals surface area (Å²) in [6.45, 7) is 6.99. The van der Waals surface area contributed by atoms with Crippen LogP contribution < -0.4 is 10.6 Å². The second-order valence-electron chi connectivity index (χ2n) is 3.53. The number of benzene rings is 1. The highest BCUT2D eigenvalue weighted by Crippen LogP contribution is 2.23. The lowest BCUT2D eigenvalue weighted by molar-refractivity contribution is 0.924. The van der Waals surface area contributed by atoms with E-state index in [1.807, 2.05) is 7.05 Å². The van der Waals surface area contributed by atoms with Crippen LogP contribution in [0.4, 0.5) is 5.69 Å². The Bertz CT molecular complexity index is 305. The van der Waals surface area contributed by atoms with Crippen molar-refractivity contribution in [2.24, 2.45) is 5.73 Å². The molecule has 0 saturated heterocycles. The Hall–Kier alpha value is -1.02. The third kappa shape index (κ3) is 1.83. The minimum Gasteiger partial charge on any atom is -0.362 e.